The molecule has 128 valence electrons. The van der Waals surface area contributed by atoms with Gasteiger partial charge in [0.15, 0.2) is 0 Å². The zero-order valence-electron chi connectivity index (χ0n) is 12.1. The van der Waals surface area contributed by atoms with Crippen LogP contribution in [0.4, 0.5) is 27.6 Å². The minimum atomic E-state index is -4.74. The molecule has 1 aliphatic rings. The number of carbonyl (C=O) groups excluding carboxylic acids is 1. The van der Waals surface area contributed by atoms with Gasteiger partial charge in [0.1, 0.15) is 5.92 Å². The van der Waals surface area contributed by atoms with Crippen LogP contribution in [0.25, 0.3) is 11.4 Å². The fraction of sp³-hybridized carbons (Fsp3) is 0.357. The third-order valence-electron chi connectivity index (χ3n) is 3.64. The fourth-order valence-corrected chi connectivity index (χ4v) is 2.13. The molecular formula is C14H10F5N3O2. The molecule has 0 radical (unpaired) electrons. The molecule has 1 unspecified atom stereocenters. The predicted molar refractivity (Wildman–Crippen MR) is 71.2 cm³/mol. The maximum Gasteiger partial charge on any atom is 0.471 e. The van der Waals surface area contributed by atoms with Crippen molar-refractivity contribution >= 4 is 11.6 Å². The summed E-state index contributed by atoms with van der Waals surface area (Å²) in [7, 11) is 1.35. The van der Waals surface area contributed by atoms with Crippen molar-refractivity contribution in [1.82, 2.24) is 10.1 Å². The number of amides is 1. The molecule has 0 N–H and O–H groups in total. The number of alkyl halides is 5. The lowest BCUT2D eigenvalue weighted by Crippen LogP contribution is -2.29. The molecule has 10 heteroatoms. The summed E-state index contributed by atoms with van der Waals surface area (Å²) in [6, 6.07) is 5.54. The molecule has 0 aliphatic heterocycles. The summed E-state index contributed by atoms with van der Waals surface area (Å²) in [5.74, 6) is -6.74. The van der Waals surface area contributed by atoms with Crippen LogP contribution in [-0.4, -0.2) is 29.0 Å². The number of aromatic nitrogens is 2. The molecule has 1 amide bonds. The van der Waals surface area contributed by atoms with Crippen LogP contribution in [0.3, 0.4) is 0 Å². The quantitative estimate of drug-likeness (QED) is 0.799. The van der Waals surface area contributed by atoms with E-state index >= 15 is 0 Å². The van der Waals surface area contributed by atoms with E-state index in [2.05, 4.69) is 14.7 Å². The average molecular weight is 347 g/mol. The van der Waals surface area contributed by atoms with Crippen molar-refractivity contribution in [3.63, 3.8) is 0 Å². The van der Waals surface area contributed by atoms with Gasteiger partial charge in [-0.3, -0.25) is 4.79 Å². The molecular weight excluding hydrogens is 337 g/mol. The molecule has 1 saturated carbocycles. The highest BCUT2D eigenvalue weighted by Gasteiger charge is 2.62. The Morgan fingerprint density at radius 2 is 1.88 bits per heavy atom. The smallest absolute Gasteiger partial charge is 0.329 e. The van der Waals surface area contributed by atoms with Gasteiger partial charge in [-0.15, -0.1) is 0 Å². The predicted octanol–water partition coefficient (Wildman–Crippen LogP) is 3.37. The van der Waals surface area contributed by atoms with E-state index in [-0.39, 0.29) is 11.4 Å². The Labute approximate surface area is 132 Å². The van der Waals surface area contributed by atoms with Crippen molar-refractivity contribution < 1.29 is 31.3 Å². The van der Waals surface area contributed by atoms with Crippen molar-refractivity contribution in [2.75, 3.05) is 11.9 Å². The lowest BCUT2D eigenvalue weighted by molar-refractivity contribution is -0.159. The van der Waals surface area contributed by atoms with E-state index in [4.69, 9.17) is 0 Å². The van der Waals surface area contributed by atoms with Crippen LogP contribution in [0.15, 0.2) is 28.8 Å². The first kappa shape index (κ1) is 16.3. The van der Waals surface area contributed by atoms with E-state index in [0.29, 0.717) is 5.69 Å². The van der Waals surface area contributed by atoms with E-state index in [9.17, 15) is 26.7 Å². The molecule has 5 nitrogen and oxygen atoms in total. The zero-order chi connectivity index (χ0) is 17.7. The van der Waals surface area contributed by atoms with Crippen molar-refractivity contribution in [2.45, 2.75) is 18.5 Å². The maximum absolute atomic E-state index is 12.9. The SMILES string of the molecule is CN(C(=O)C1CC1(F)F)c1ccc(-c2noc(C(F)(F)F)n2)cc1. The molecule has 1 aromatic carbocycles. The van der Waals surface area contributed by atoms with Gasteiger partial charge in [-0.05, 0) is 24.3 Å². The molecule has 1 fully saturated rings. The van der Waals surface area contributed by atoms with Gasteiger partial charge in [0.25, 0.3) is 5.92 Å². The molecule has 2 aromatic rings. The highest BCUT2D eigenvalue weighted by atomic mass is 19.4. The van der Waals surface area contributed by atoms with Gasteiger partial charge in [-0.2, -0.15) is 18.2 Å². The Hall–Kier alpha value is -2.52. The first-order chi connectivity index (χ1) is 11.1. The monoisotopic (exact) mass is 347 g/mol. The minimum Gasteiger partial charge on any atom is -0.329 e. The van der Waals surface area contributed by atoms with Crippen LogP contribution >= 0.6 is 0 Å². The Morgan fingerprint density at radius 1 is 1.29 bits per heavy atom. The molecule has 0 bridgehead atoms. The van der Waals surface area contributed by atoms with Crippen LogP contribution in [-0.2, 0) is 11.0 Å². The number of halogens is 5. The average Bonchev–Trinajstić information content (AvgIpc) is 2.94. The van der Waals surface area contributed by atoms with Crippen molar-refractivity contribution in [2.24, 2.45) is 5.92 Å². The molecule has 1 aromatic heterocycles. The molecule has 24 heavy (non-hydrogen) atoms. The topological polar surface area (TPSA) is 59.2 Å². The highest BCUT2D eigenvalue weighted by molar-refractivity contribution is 5.97. The summed E-state index contributed by atoms with van der Waals surface area (Å²) in [5.41, 5.74) is 0.557. The Morgan fingerprint density at radius 3 is 2.33 bits per heavy atom. The summed E-state index contributed by atoms with van der Waals surface area (Å²) in [6.07, 6.45) is -5.22. The molecule has 0 saturated heterocycles. The van der Waals surface area contributed by atoms with Gasteiger partial charge in [0, 0.05) is 24.7 Å². The number of hydrogen-bond acceptors (Lipinski definition) is 4. The second-order valence-corrected chi connectivity index (χ2v) is 5.38. The Bertz CT molecular complexity index is 769. The second-order valence-electron chi connectivity index (χ2n) is 5.38. The van der Waals surface area contributed by atoms with Crippen molar-refractivity contribution in [3.8, 4) is 11.4 Å². The zero-order valence-corrected chi connectivity index (χ0v) is 12.1. The van der Waals surface area contributed by atoms with Crippen LogP contribution in [0.1, 0.15) is 12.3 Å². The van der Waals surface area contributed by atoms with Crippen LogP contribution < -0.4 is 4.90 Å². The largest absolute Gasteiger partial charge is 0.471 e. The van der Waals surface area contributed by atoms with Crippen LogP contribution in [0, 0.1) is 5.92 Å². The van der Waals surface area contributed by atoms with Crippen LogP contribution in [0.2, 0.25) is 0 Å². The molecule has 1 aliphatic carbocycles. The number of carbonyl (C=O) groups is 1. The number of rotatable bonds is 3. The lowest BCUT2D eigenvalue weighted by atomic mass is 10.2. The number of nitrogens with zero attached hydrogens (tertiary/aromatic N) is 3. The minimum absolute atomic E-state index is 0.232. The maximum atomic E-state index is 12.9. The normalized spacial score (nSPS) is 19.2. The van der Waals surface area contributed by atoms with E-state index < -0.39 is 36.2 Å². The number of hydrogen-bond donors (Lipinski definition) is 0. The van der Waals surface area contributed by atoms with E-state index in [1.165, 1.54) is 31.3 Å². The molecule has 0 spiro atoms. The molecule has 1 atom stereocenters. The van der Waals surface area contributed by atoms with Crippen LogP contribution in [0.5, 0.6) is 0 Å². The van der Waals surface area contributed by atoms with Gasteiger partial charge in [-0.25, -0.2) is 8.78 Å². The standard InChI is InChI=1S/C14H10F5N3O2/c1-22(11(23)9-6-13(9,15)16)8-4-2-7(3-5-8)10-20-12(24-21-10)14(17,18)19/h2-5,9H,6H2,1H3. The van der Waals surface area contributed by atoms with Crippen molar-refractivity contribution in [1.29, 1.82) is 0 Å². The first-order valence-corrected chi connectivity index (χ1v) is 6.76. The summed E-state index contributed by atoms with van der Waals surface area (Å²) in [4.78, 5) is 16.2. The highest BCUT2D eigenvalue weighted by Crippen LogP contribution is 2.49. The van der Waals surface area contributed by atoms with Gasteiger partial charge >= 0.3 is 12.1 Å². The molecule has 3 rings (SSSR count). The van der Waals surface area contributed by atoms with Crippen molar-refractivity contribution in [3.05, 3.63) is 30.2 Å². The van der Waals surface area contributed by atoms with E-state index in [1.54, 1.807) is 0 Å². The third kappa shape index (κ3) is 2.95. The Balaban J connectivity index is 1.76. The first-order valence-electron chi connectivity index (χ1n) is 6.76. The molecule has 1 heterocycles. The van der Waals surface area contributed by atoms with Gasteiger partial charge < -0.3 is 9.42 Å². The third-order valence-corrected chi connectivity index (χ3v) is 3.64. The summed E-state index contributed by atoms with van der Waals surface area (Å²) >= 11 is 0. The van der Waals surface area contributed by atoms with E-state index in [0.717, 1.165) is 4.90 Å². The van der Waals surface area contributed by atoms with Gasteiger partial charge in [-0.1, -0.05) is 5.16 Å². The number of anilines is 1. The second kappa shape index (κ2) is 5.25. The van der Waals surface area contributed by atoms with Gasteiger partial charge in [0.2, 0.25) is 11.7 Å². The summed E-state index contributed by atoms with van der Waals surface area (Å²) in [5, 5.41) is 3.23. The fourth-order valence-electron chi connectivity index (χ4n) is 2.13. The summed E-state index contributed by atoms with van der Waals surface area (Å²) < 4.78 is 67.3. The lowest BCUT2D eigenvalue weighted by Gasteiger charge is -2.17. The van der Waals surface area contributed by atoms with Gasteiger partial charge in [0.05, 0.1) is 0 Å². The number of benzene rings is 1. The summed E-state index contributed by atoms with van der Waals surface area (Å²) in [6.45, 7) is 0. The Kier molecular flexibility index (Phi) is 3.57. The van der Waals surface area contributed by atoms with E-state index in [1.807, 2.05) is 0 Å².